The lowest BCUT2D eigenvalue weighted by Crippen LogP contribution is -2.42. The Labute approximate surface area is 195 Å². The SMILES string of the molecule is Cc1ccc(Cl)c(NC(=O)C(C(=O)N2CCc3ccccc32)n2cnc3c(C)ncnc32)c1. The fourth-order valence-electron chi connectivity index (χ4n) is 4.17. The number of para-hydroxylation sites is 1. The highest BCUT2D eigenvalue weighted by Gasteiger charge is 2.37. The monoisotopic (exact) mass is 460 g/mol. The molecule has 0 radical (unpaired) electrons. The Kier molecular flexibility index (Phi) is 5.30. The van der Waals surface area contributed by atoms with Gasteiger partial charge in [-0.25, -0.2) is 15.0 Å². The second-order valence-corrected chi connectivity index (χ2v) is 8.43. The summed E-state index contributed by atoms with van der Waals surface area (Å²) >= 11 is 6.31. The highest BCUT2D eigenvalue weighted by molar-refractivity contribution is 6.34. The van der Waals surface area contributed by atoms with Crippen LogP contribution in [0.5, 0.6) is 0 Å². The number of benzene rings is 2. The molecule has 1 atom stereocenters. The molecule has 4 aromatic rings. The van der Waals surface area contributed by atoms with Crippen LogP contribution in [-0.4, -0.2) is 37.9 Å². The maximum absolute atomic E-state index is 13.9. The van der Waals surface area contributed by atoms with E-state index in [4.69, 9.17) is 11.6 Å². The number of carbonyl (C=O) groups excluding carboxylic acids is 2. The van der Waals surface area contributed by atoms with Crippen LogP contribution in [0.2, 0.25) is 5.02 Å². The van der Waals surface area contributed by atoms with Crippen LogP contribution in [0, 0.1) is 13.8 Å². The van der Waals surface area contributed by atoms with Crippen LogP contribution in [0.4, 0.5) is 11.4 Å². The molecule has 0 spiro atoms. The van der Waals surface area contributed by atoms with E-state index in [1.807, 2.05) is 44.2 Å². The standard InChI is InChI=1S/C24H21ClN6O2/c1-14-7-8-17(25)18(11-14)29-23(32)21(31-13-28-20-15(2)26-12-27-22(20)31)24(33)30-10-9-16-5-3-4-6-19(16)30/h3-8,11-13,21H,9-10H2,1-2H3,(H,29,32). The zero-order valence-electron chi connectivity index (χ0n) is 18.1. The molecule has 0 fully saturated rings. The van der Waals surface area contributed by atoms with Crippen LogP contribution in [-0.2, 0) is 16.0 Å². The van der Waals surface area contributed by atoms with Crippen molar-refractivity contribution in [2.75, 3.05) is 16.8 Å². The Morgan fingerprint density at radius 2 is 1.91 bits per heavy atom. The van der Waals surface area contributed by atoms with Gasteiger partial charge in [-0.05, 0) is 49.6 Å². The number of hydrogen-bond donors (Lipinski definition) is 1. The molecule has 0 aliphatic carbocycles. The van der Waals surface area contributed by atoms with E-state index in [2.05, 4.69) is 20.3 Å². The minimum absolute atomic E-state index is 0.364. The van der Waals surface area contributed by atoms with Gasteiger partial charge in [0, 0.05) is 12.2 Å². The summed E-state index contributed by atoms with van der Waals surface area (Å²) in [5, 5.41) is 3.23. The molecule has 0 bridgehead atoms. The number of rotatable bonds is 4. The summed E-state index contributed by atoms with van der Waals surface area (Å²) in [5.74, 6) is -0.885. The molecule has 166 valence electrons. The predicted molar refractivity (Wildman–Crippen MR) is 126 cm³/mol. The van der Waals surface area contributed by atoms with Crippen molar-refractivity contribution in [3.8, 4) is 0 Å². The molecular formula is C24H21ClN6O2. The topological polar surface area (TPSA) is 93.0 Å². The molecule has 2 aromatic heterocycles. The number of nitrogens with one attached hydrogen (secondary N) is 1. The van der Waals surface area contributed by atoms with E-state index >= 15 is 0 Å². The third-order valence-corrected chi connectivity index (χ3v) is 6.16. The zero-order chi connectivity index (χ0) is 23.1. The fraction of sp³-hybridized carbons (Fsp3) is 0.208. The van der Waals surface area contributed by atoms with Gasteiger partial charge in [0.15, 0.2) is 11.7 Å². The number of nitrogens with zero attached hydrogens (tertiary/aromatic N) is 5. The van der Waals surface area contributed by atoms with Crippen LogP contribution >= 0.6 is 11.6 Å². The van der Waals surface area contributed by atoms with Crippen molar-refractivity contribution >= 4 is 46.0 Å². The summed E-state index contributed by atoms with van der Waals surface area (Å²) in [6.07, 6.45) is 3.60. The number of aryl methyl sites for hydroxylation is 2. The average Bonchev–Trinajstić information content (AvgIpc) is 3.42. The van der Waals surface area contributed by atoms with Gasteiger partial charge >= 0.3 is 0 Å². The number of amides is 2. The first-order valence-electron chi connectivity index (χ1n) is 10.5. The molecule has 1 aliphatic heterocycles. The summed E-state index contributed by atoms with van der Waals surface area (Å²) in [6.45, 7) is 4.20. The molecule has 1 N–H and O–H groups in total. The van der Waals surface area contributed by atoms with Crippen molar-refractivity contribution in [1.82, 2.24) is 19.5 Å². The molecule has 9 heteroatoms. The van der Waals surface area contributed by atoms with Gasteiger partial charge in [-0.3, -0.25) is 14.2 Å². The van der Waals surface area contributed by atoms with Crippen LogP contribution in [0.1, 0.15) is 22.9 Å². The number of aromatic nitrogens is 4. The lowest BCUT2D eigenvalue weighted by atomic mass is 10.1. The van der Waals surface area contributed by atoms with E-state index in [0.29, 0.717) is 34.1 Å². The summed E-state index contributed by atoms with van der Waals surface area (Å²) in [6, 6.07) is 11.8. The van der Waals surface area contributed by atoms with Crippen molar-refractivity contribution in [2.24, 2.45) is 0 Å². The third kappa shape index (κ3) is 3.72. The number of imidazole rings is 1. The second-order valence-electron chi connectivity index (χ2n) is 8.03. The number of fused-ring (bicyclic) bond motifs is 2. The van der Waals surface area contributed by atoms with Crippen molar-refractivity contribution in [3.63, 3.8) is 0 Å². The van der Waals surface area contributed by atoms with Gasteiger partial charge < -0.3 is 10.2 Å². The molecule has 8 nitrogen and oxygen atoms in total. The lowest BCUT2D eigenvalue weighted by Gasteiger charge is -2.25. The largest absolute Gasteiger partial charge is 0.322 e. The average molecular weight is 461 g/mol. The summed E-state index contributed by atoms with van der Waals surface area (Å²) in [4.78, 5) is 42.0. The molecule has 3 heterocycles. The summed E-state index contributed by atoms with van der Waals surface area (Å²) in [5.41, 5.74) is 4.87. The first-order chi connectivity index (χ1) is 15.9. The molecule has 2 amide bonds. The third-order valence-electron chi connectivity index (χ3n) is 5.84. The van der Waals surface area contributed by atoms with E-state index in [1.165, 1.54) is 17.2 Å². The Morgan fingerprint density at radius 1 is 1.09 bits per heavy atom. The van der Waals surface area contributed by atoms with Crippen molar-refractivity contribution < 1.29 is 9.59 Å². The normalized spacial score (nSPS) is 13.7. The predicted octanol–water partition coefficient (Wildman–Crippen LogP) is 3.87. The number of anilines is 2. The zero-order valence-corrected chi connectivity index (χ0v) is 18.9. The van der Waals surface area contributed by atoms with Crippen LogP contribution in [0.15, 0.2) is 55.1 Å². The summed E-state index contributed by atoms with van der Waals surface area (Å²) in [7, 11) is 0. The highest BCUT2D eigenvalue weighted by atomic mass is 35.5. The van der Waals surface area contributed by atoms with Crippen LogP contribution < -0.4 is 10.2 Å². The second kappa shape index (κ2) is 8.29. The van der Waals surface area contributed by atoms with E-state index in [-0.39, 0.29) is 5.91 Å². The first-order valence-corrected chi connectivity index (χ1v) is 10.9. The molecule has 33 heavy (non-hydrogen) atoms. The van der Waals surface area contributed by atoms with Crippen LogP contribution in [0.3, 0.4) is 0 Å². The first kappa shape index (κ1) is 21.1. The molecular weight excluding hydrogens is 440 g/mol. The van der Waals surface area contributed by atoms with E-state index in [0.717, 1.165) is 23.2 Å². The van der Waals surface area contributed by atoms with E-state index < -0.39 is 11.9 Å². The van der Waals surface area contributed by atoms with E-state index in [9.17, 15) is 9.59 Å². The van der Waals surface area contributed by atoms with E-state index in [1.54, 1.807) is 17.0 Å². The molecule has 1 aliphatic rings. The van der Waals surface area contributed by atoms with Gasteiger partial charge in [0.1, 0.15) is 11.8 Å². The van der Waals surface area contributed by atoms with Crippen molar-refractivity contribution in [3.05, 3.63) is 77.0 Å². The number of carbonyl (C=O) groups is 2. The molecule has 2 aromatic carbocycles. The Balaban J connectivity index is 1.59. The number of hydrogen-bond acceptors (Lipinski definition) is 5. The van der Waals surface area contributed by atoms with Gasteiger partial charge in [0.2, 0.25) is 0 Å². The van der Waals surface area contributed by atoms with Crippen molar-refractivity contribution in [1.29, 1.82) is 0 Å². The smallest absolute Gasteiger partial charge is 0.259 e. The quantitative estimate of drug-likeness (QED) is 0.467. The minimum atomic E-state index is -1.23. The highest BCUT2D eigenvalue weighted by Crippen LogP contribution is 2.31. The van der Waals surface area contributed by atoms with Gasteiger partial charge in [-0.2, -0.15) is 0 Å². The maximum Gasteiger partial charge on any atom is 0.259 e. The molecule has 0 saturated carbocycles. The molecule has 0 saturated heterocycles. The Hall–Kier alpha value is -3.78. The number of halogens is 1. The minimum Gasteiger partial charge on any atom is -0.322 e. The Morgan fingerprint density at radius 3 is 2.76 bits per heavy atom. The van der Waals surface area contributed by atoms with Gasteiger partial charge in [0.05, 0.1) is 22.7 Å². The van der Waals surface area contributed by atoms with Gasteiger partial charge in [-0.15, -0.1) is 0 Å². The fourth-order valence-corrected chi connectivity index (χ4v) is 4.33. The lowest BCUT2D eigenvalue weighted by molar-refractivity contribution is -0.129. The van der Waals surface area contributed by atoms with Crippen LogP contribution in [0.25, 0.3) is 11.2 Å². The Bertz CT molecular complexity index is 1400. The van der Waals surface area contributed by atoms with Crippen molar-refractivity contribution in [2.45, 2.75) is 26.3 Å². The summed E-state index contributed by atoms with van der Waals surface area (Å²) < 4.78 is 1.51. The maximum atomic E-state index is 13.9. The van der Waals surface area contributed by atoms with Gasteiger partial charge in [0.25, 0.3) is 11.8 Å². The molecule has 1 unspecified atom stereocenters. The van der Waals surface area contributed by atoms with Gasteiger partial charge in [-0.1, -0.05) is 35.9 Å². The molecule has 5 rings (SSSR count).